The van der Waals surface area contributed by atoms with Crippen LogP contribution in [0.15, 0.2) is 0 Å². The van der Waals surface area contributed by atoms with Crippen molar-refractivity contribution in [2.24, 2.45) is 11.7 Å². The van der Waals surface area contributed by atoms with Gasteiger partial charge in [0.1, 0.15) is 0 Å². The highest BCUT2D eigenvalue weighted by Crippen LogP contribution is 2.08. The van der Waals surface area contributed by atoms with Crippen LogP contribution in [0.4, 0.5) is 0 Å². The van der Waals surface area contributed by atoms with Crippen LogP contribution in [0.2, 0.25) is 0 Å². The number of nitrogens with two attached hydrogens (primary N) is 1. The van der Waals surface area contributed by atoms with Crippen LogP contribution in [0, 0.1) is 5.92 Å². The Morgan fingerprint density at radius 1 is 1.43 bits per heavy atom. The summed E-state index contributed by atoms with van der Waals surface area (Å²) in [6.07, 6.45) is 2.03. The van der Waals surface area contributed by atoms with E-state index in [1.807, 2.05) is 6.26 Å². The van der Waals surface area contributed by atoms with Gasteiger partial charge in [0, 0.05) is 0 Å². The van der Waals surface area contributed by atoms with Crippen LogP contribution >= 0.6 is 11.8 Å². The Kier molecular flexibility index (Phi) is 3.48. The lowest BCUT2D eigenvalue weighted by molar-refractivity contribution is 0.625. The van der Waals surface area contributed by atoms with Gasteiger partial charge in [-0.1, -0.05) is 13.8 Å². The molecule has 0 saturated carbocycles. The molecule has 7 heavy (non-hydrogen) atoms. The standard InChI is InChI=1S/C5H13NS/c1-4(2)5(6)7-3/h4-5H,6H2,1-3H3. The molecule has 1 atom stereocenters. The molecule has 2 N–H and O–H groups in total. The van der Waals surface area contributed by atoms with Gasteiger partial charge in [-0.25, -0.2) is 0 Å². The van der Waals surface area contributed by atoms with Gasteiger partial charge in [-0.15, -0.1) is 11.8 Å². The third-order valence-corrected chi connectivity index (χ3v) is 2.02. The highest BCUT2D eigenvalue weighted by atomic mass is 32.2. The molecule has 1 nitrogen and oxygen atoms in total. The zero-order valence-corrected chi connectivity index (χ0v) is 5.96. The van der Waals surface area contributed by atoms with E-state index in [1.165, 1.54) is 0 Å². The molecule has 2 heteroatoms. The average Bonchev–Trinajstić information content (AvgIpc) is 1.65. The van der Waals surface area contributed by atoms with Crippen LogP contribution in [0.5, 0.6) is 0 Å². The molecular formula is C5H13NS. The highest BCUT2D eigenvalue weighted by molar-refractivity contribution is 7.99. The van der Waals surface area contributed by atoms with Crippen molar-refractivity contribution in [3.63, 3.8) is 0 Å². The molecule has 0 radical (unpaired) electrons. The maximum Gasteiger partial charge on any atom is 0.0527 e. The number of hydrogen-bond acceptors (Lipinski definition) is 2. The highest BCUT2D eigenvalue weighted by Gasteiger charge is 2.02. The number of thioether (sulfide) groups is 1. The summed E-state index contributed by atoms with van der Waals surface area (Å²) in [5.41, 5.74) is 5.58. The second kappa shape index (κ2) is 3.33. The summed E-state index contributed by atoms with van der Waals surface area (Å²) in [7, 11) is 0. The number of rotatable bonds is 2. The van der Waals surface area contributed by atoms with Gasteiger partial charge in [-0.3, -0.25) is 0 Å². The molecule has 0 aliphatic heterocycles. The second-order valence-electron chi connectivity index (χ2n) is 1.94. The van der Waals surface area contributed by atoms with Gasteiger partial charge in [-0.2, -0.15) is 0 Å². The predicted octanol–water partition coefficient (Wildman–Crippen LogP) is 1.29. The molecule has 0 aliphatic carbocycles. The first kappa shape index (κ1) is 7.31. The first-order valence-corrected chi connectivity index (χ1v) is 3.75. The molecular weight excluding hydrogens is 106 g/mol. The van der Waals surface area contributed by atoms with Crippen LogP contribution in [0.3, 0.4) is 0 Å². The summed E-state index contributed by atoms with van der Waals surface area (Å²) in [6, 6.07) is 0. The third kappa shape index (κ3) is 2.94. The van der Waals surface area contributed by atoms with Crippen molar-refractivity contribution in [2.75, 3.05) is 6.26 Å². The van der Waals surface area contributed by atoms with E-state index in [1.54, 1.807) is 11.8 Å². The minimum absolute atomic E-state index is 0.319. The van der Waals surface area contributed by atoms with E-state index in [4.69, 9.17) is 5.73 Å². The molecule has 0 rings (SSSR count). The average molecular weight is 119 g/mol. The number of hydrogen-bond donors (Lipinski definition) is 1. The van der Waals surface area contributed by atoms with E-state index >= 15 is 0 Å². The maximum atomic E-state index is 5.58. The first-order valence-electron chi connectivity index (χ1n) is 2.47. The van der Waals surface area contributed by atoms with Gasteiger partial charge < -0.3 is 5.73 Å². The summed E-state index contributed by atoms with van der Waals surface area (Å²) in [5.74, 6) is 0.606. The first-order chi connectivity index (χ1) is 3.18. The Morgan fingerprint density at radius 2 is 1.86 bits per heavy atom. The second-order valence-corrected chi connectivity index (χ2v) is 2.96. The van der Waals surface area contributed by atoms with Gasteiger partial charge in [0.25, 0.3) is 0 Å². The summed E-state index contributed by atoms with van der Waals surface area (Å²) >= 11 is 1.71. The Balaban J connectivity index is 3.14. The van der Waals surface area contributed by atoms with Crippen molar-refractivity contribution in [3.05, 3.63) is 0 Å². The summed E-state index contributed by atoms with van der Waals surface area (Å²) in [6.45, 7) is 4.25. The van der Waals surface area contributed by atoms with E-state index in [0.29, 0.717) is 11.3 Å². The van der Waals surface area contributed by atoms with Gasteiger partial charge in [-0.05, 0) is 12.2 Å². The van der Waals surface area contributed by atoms with Gasteiger partial charge in [0.05, 0.1) is 5.37 Å². The molecule has 0 fully saturated rings. The van der Waals surface area contributed by atoms with Crippen LogP contribution in [0.25, 0.3) is 0 Å². The smallest absolute Gasteiger partial charge is 0.0527 e. The Hall–Kier alpha value is 0.310. The molecule has 0 saturated heterocycles. The molecule has 0 aliphatic rings. The van der Waals surface area contributed by atoms with Crippen molar-refractivity contribution < 1.29 is 0 Å². The topological polar surface area (TPSA) is 26.0 Å². The SMILES string of the molecule is CSC(N)C(C)C. The van der Waals surface area contributed by atoms with E-state index in [-0.39, 0.29) is 0 Å². The molecule has 1 unspecified atom stereocenters. The molecule has 0 aromatic rings. The van der Waals surface area contributed by atoms with Crippen molar-refractivity contribution in [2.45, 2.75) is 19.2 Å². The van der Waals surface area contributed by atoms with Crippen molar-refractivity contribution in [1.82, 2.24) is 0 Å². The van der Waals surface area contributed by atoms with Crippen LogP contribution in [-0.4, -0.2) is 11.6 Å². The zero-order valence-electron chi connectivity index (χ0n) is 5.14. The van der Waals surface area contributed by atoms with E-state index in [9.17, 15) is 0 Å². The van der Waals surface area contributed by atoms with Gasteiger partial charge in [0.15, 0.2) is 0 Å². The lowest BCUT2D eigenvalue weighted by Crippen LogP contribution is -2.21. The molecule has 44 valence electrons. The van der Waals surface area contributed by atoms with Crippen LogP contribution in [0.1, 0.15) is 13.8 Å². The molecule has 0 amide bonds. The van der Waals surface area contributed by atoms with Gasteiger partial charge >= 0.3 is 0 Å². The summed E-state index contributed by atoms with van der Waals surface area (Å²) < 4.78 is 0. The molecule has 0 aromatic carbocycles. The fourth-order valence-electron chi connectivity index (χ4n) is 0.272. The van der Waals surface area contributed by atoms with E-state index in [0.717, 1.165) is 0 Å². The third-order valence-electron chi connectivity index (χ3n) is 0.929. The lowest BCUT2D eigenvalue weighted by Gasteiger charge is -2.10. The Morgan fingerprint density at radius 3 is 1.86 bits per heavy atom. The largest absolute Gasteiger partial charge is 0.319 e. The molecule has 0 bridgehead atoms. The van der Waals surface area contributed by atoms with Crippen LogP contribution < -0.4 is 5.73 Å². The Labute approximate surface area is 49.7 Å². The van der Waals surface area contributed by atoms with E-state index in [2.05, 4.69) is 13.8 Å². The quantitative estimate of drug-likeness (QED) is 0.554. The predicted molar refractivity (Wildman–Crippen MR) is 36.3 cm³/mol. The summed E-state index contributed by atoms with van der Waals surface area (Å²) in [4.78, 5) is 0. The van der Waals surface area contributed by atoms with Crippen molar-refractivity contribution in [3.8, 4) is 0 Å². The lowest BCUT2D eigenvalue weighted by atomic mass is 10.2. The van der Waals surface area contributed by atoms with Crippen molar-refractivity contribution in [1.29, 1.82) is 0 Å². The molecule has 0 spiro atoms. The maximum absolute atomic E-state index is 5.58. The normalized spacial score (nSPS) is 15.0. The molecule has 0 heterocycles. The zero-order chi connectivity index (χ0) is 5.86. The molecule has 0 aromatic heterocycles. The van der Waals surface area contributed by atoms with Crippen LogP contribution in [-0.2, 0) is 0 Å². The monoisotopic (exact) mass is 119 g/mol. The van der Waals surface area contributed by atoms with Gasteiger partial charge in [0.2, 0.25) is 0 Å². The van der Waals surface area contributed by atoms with Crippen molar-refractivity contribution >= 4 is 11.8 Å². The fraction of sp³-hybridized carbons (Fsp3) is 1.00. The minimum atomic E-state index is 0.319. The Bertz CT molecular complexity index is 45.3. The summed E-state index contributed by atoms with van der Waals surface area (Å²) in [5, 5.41) is 0.319. The van der Waals surface area contributed by atoms with E-state index < -0.39 is 0 Å². The fourth-order valence-corrected chi connectivity index (χ4v) is 0.816. The minimum Gasteiger partial charge on any atom is -0.319 e.